The van der Waals surface area contributed by atoms with Crippen LogP contribution in [0.4, 0.5) is 5.13 Å². The molecule has 1 aromatic heterocycles. The summed E-state index contributed by atoms with van der Waals surface area (Å²) in [6.07, 6.45) is 0.286. The van der Waals surface area contributed by atoms with Gasteiger partial charge < -0.3 is 10.1 Å². The van der Waals surface area contributed by atoms with Crippen molar-refractivity contribution in [1.29, 1.82) is 0 Å². The fourth-order valence-corrected chi connectivity index (χ4v) is 2.18. The van der Waals surface area contributed by atoms with E-state index in [1.807, 2.05) is 24.1 Å². The number of methoxy groups -OCH3 is 1. The zero-order chi connectivity index (χ0) is 14.3. The van der Waals surface area contributed by atoms with Gasteiger partial charge in [-0.15, -0.1) is 11.3 Å². The highest BCUT2D eigenvalue weighted by Crippen LogP contribution is 2.14. The number of amides is 1. The van der Waals surface area contributed by atoms with Crippen LogP contribution in [-0.2, 0) is 14.3 Å². The van der Waals surface area contributed by atoms with Gasteiger partial charge in [-0.05, 0) is 13.5 Å². The summed E-state index contributed by atoms with van der Waals surface area (Å²) in [5, 5.41) is 5.22. The van der Waals surface area contributed by atoms with Crippen molar-refractivity contribution in [2.75, 3.05) is 32.1 Å². The van der Waals surface area contributed by atoms with Crippen LogP contribution in [0.2, 0.25) is 0 Å². The molecule has 19 heavy (non-hydrogen) atoms. The third-order valence-electron chi connectivity index (χ3n) is 2.54. The lowest BCUT2D eigenvalue weighted by atomic mass is 10.3. The number of esters is 1. The number of likely N-dealkylation sites (N-methyl/N-ethyl adjacent to an activating group) is 1. The van der Waals surface area contributed by atoms with Crippen molar-refractivity contribution in [2.45, 2.75) is 20.3 Å². The summed E-state index contributed by atoms with van der Waals surface area (Å²) >= 11 is 1.40. The van der Waals surface area contributed by atoms with Crippen molar-refractivity contribution < 1.29 is 14.3 Å². The second-order valence-corrected chi connectivity index (χ2v) is 4.90. The first-order valence-electron chi connectivity index (χ1n) is 6.06. The Balaban J connectivity index is 2.38. The van der Waals surface area contributed by atoms with E-state index in [1.165, 1.54) is 18.4 Å². The maximum atomic E-state index is 11.8. The van der Waals surface area contributed by atoms with Crippen molar-refractivity contribution in [2.24, 2.45) is 0 Å². The minimum absolute atomic E-state index is 0.124. The van der Waals surface area contributed by atoms with Crippen LogP contribution in [0, 0.1) is 6.92 Å². The number of nitrogens with zero attached hydrogens (tertiary/aromatic N) is 2. The van der Waals surface area contributed by atoms with Crippen LogP contribution in [0.25, 0.3) is 0 Å². The number of anilines is 1. The van der Waals surface area contributed by atoms with Gasteiger partial charge >= 0.3 is 5.97 Å². The standard InChI is InChI=1S/C12H19N3O3S/c1-4-15(6-5-11(17)18-3)7-10(16)14-12-13-9(2)8-19-12/h8H,4-7H2,1-3H3,(H,13,14,16). The number of nitrogens with one attached hydrogen (secondary N) is 1. The first-order chi connectivity index (χ1) is 9.05. The number of thiazole rings is 1. The second-order valence-electron chi connectivity index (χ2n) is 4.04. The van der Waals surface area contributed by atoms with E-state index in [2.05, 4.69) is 15.0 Å². The highest BCUT2D eigenvalue weighted by molar-refractivity contribution is 7.13. The number of aryl methyl sites for hydroxylation is 1. The molecule has 1 amide bonds. The number of hydrogen-bond acceptors (Lipinski definition) is 6. The molecule has 0 aliphatic heterocycles. The summed E-state index contributed by atoms with van der Waals surface area (Å²) in [5.41, 5.74) is 0.887. The molecule has 1 heterocycles. The normalized spacial score (nSPS) is 10.5. The van der Waals surface area contributed by atoms with Gasteiger partial charge in [0, 0.05) is 11.9 Å². The number of carbonyl (C=O) groups excluding carboxylic acids is 2. The van der Waals surface area contributed by atoms with E-state index >= 15 is 0 Å². The van der Waals surface area contributed by atoms with E-state index in [0.29, 0.717) is 18.2 Å². The SMILES string of the molecule is CCN(CCC(=O)OC)CC(=O)Nc1nc(C)cs1. The largest absolute Gasteiger partial charge is 0.469 e. The van der Waals surface area contributed by atoms with E-state index in [4.69, 9.17) is 0 Å². The summed E-state index contributed by atoms with van der Waals surface area (Å²) in [4.78, 5) is 28.9. The Labute approximate surface area is 116 Å². The zero-order valence-corrected chi connectivity index (χ0v) is 12.2. The number of ether oxygens (including phenoxy) is 1. The molecule has 0 saturated carbocycles. The molecule has 106 valence electrons. The lowest BCUT2D eigenvalue weighted by molar-refractivity contribution is -0.141. The maximum absolute atomic E-state index is 11.8. The zero-order valence-electron chi connectivity index (χ0n) is 11.4. The number of carbonyl (C=O) groups is 2. The Morgan fingerprint density at radius 2 is 2.26 bits per heavy atom. The molecule has 1 rings (SSSR count). The first-order valence-corrected chi connectivity index (χ1v) is 6.94. The van der Waals surface area contributed by atoms with Crippen molar-refractivity contribution in [3.8, 4) is 0 Å². The smallest absolute Gasteiger partial charge is 0.306 e. The molecule has 0 fully saturated rings. The quantitative estimate of drug-likeness (QED) is 0.764. The average molecular weight is 285 g/mol. The van der Waals surface area contributed by atoms with E-state index in [-0.39, 0.29) is 24.8 Å². The molecule has 7 heteroatoms. The topological polar surface area (TPSA) is 71.5 Å². The molecule has 0 aliphatic carbocycles. The van der Waals surface area contributed by atoms with Gasteiger partial charge in [0.1, 0.15) is 0 Å². The molecule has 0 unspecified atom stereocenters. The van der Waals surface area contributed by atoms with E-state index in [0.717, 1.165) is 5.69 Å². The molecular weight excluding hydrogens is 266 g/mol. The lowest BCUT2D eigenvalue weighted by Gasteiger charge is -2.18. The van der Waals surface area contributed by atoms with Crippen molar-refractivity contribution in [1.82, 2.24) is 9.88 Å². The molecule has 0 radical (unpaired) electrons. The fourth-order valence-electron chi connectivity index (χ4n) is 1.47. The highest BCUT2D eigenvalue weighted by atomic mass is 32.1. The second kappa shape index (κ2) is 7.85. The first kappa shape index (κ1) is 15.6. The van der Waals surface area contributed by atoms with Crippen LogP contribution < -0.4 is 5.32 Å². The summed E-state index contributed by atoms with van der Waals surface area (Å²) in [7, 11) is 1.36. The Morgan fingerprint density at radius 1 is 1.53 bits per heavy atom. The minimum Gasteiger partial charge on any atom is -0.469 e. The molecule has 6 nitrogen and oxygen atoms in total. The van der Waals surface area contributed by atoms with Gasteiger partial charge in [0.05, 0.1) is 25.8 Å². The van der Waals surface area contributed by atoms with E-state index < -0.39 is 0 Å². The van der Waals surface area contributed by atoms with Gasteiger partial charge in [-0.1, -0.05) is 6.92 Å². The Kier molecular flexibility index (Phi) is 6.44. The number of rotatable bonds is 7. The van der Waals surface area contributed by atoms with Crippen molar-refractivity contribution in [3.63, 3.8) is 0 Å². The maximum Gasteiger partial charge on any atom is 0.306 e. The Bertz CT molecular complexity index is 434. The minimum atomic E-state index is -0.269. The van der Waals surface area contributed by atoms with E-state index in [9.17, 15) is 9.59 Å². The molecule has 0 bridgehead atoms. The summed E-state index contributed by atoms with van der Waals surface area (Å²) in [5.74, 6) is -0.393. The van der Waals surface area contributed by atoms with Crippen molar-refractivity contribution in [3.05, 3.63) is 11.1 Å². The van der Waals surface area contributed by atoms with Crippen LogP contribution in [0.15, 0.2) is 5.38 Å². The fraction of sp³-hybridized carbons (Fsp3) is 0.583. The number of aromatic nitrogens is 1. The predicted octanol–water partition coefficient (Wildman–Crippen LogP) is 1.28. The molecule has 1 aromatic rings. The Morgan fingerprint density at radius 3 is 2.79 bits per heavy atom. The lowest BCUT2D eigenvalue weighted by Crippen LogP contribution is -2.34. The summed E-state index contributed by atoms with van der Waals surface area (Å²) < 4.78 is 4.57. The van der Waals surface area contributed by atoms with Crippen LogP contribution in [0.1, 0.15) is 19.0 Å². The van der Waals surface area contributed by atoms with Gasteiger partial charge in [-0.25, -0.2) is 4.98 Å². The van der Waals surface area contributed by atoms with Crippen molar-refractivity contribution >= 4 is 28.3 Å². The molecule has 0 aromatic carbocycles. The highest BCUT2D eigenvalue weighted by Gasteiger charge is 2.12. The van der Waals surface area contributed by atoms with Crippen LogP contribution in [0.5, 0.6) is 0 Å². The van der Waals surface area contributed by atoms with Gasteiger partial charge in [-0.3, -0.25) is 14.5 Å². The predicted molar refractivity (Wildman–Crippen MR) is 74.2 cm³/mol. The number of hydrogen-bond donors (Lipinski definition) is 1. The molecule has 0 atom stereocenters. The van der Waals surface area contributed by atoms with Gasteiger partial charge in [0.15, 0.2) is 5.13 Å². The third-order valence-corrected chi connectivity index (χ3v) is 3.42. The van der Waals surface area contributed by atoms with Crippen LogP contribution in [0.3, 0.4) is 0 Å². The van der Waals surface area contributed by atoms with Crippen LogP contribution in [-0.4, -0.2) is 48.5 Å². The third kappa shape index (κ3) is 5.80. The summed E-state index contributed by atoms with van der Waals surface area (Å²) in [6, 6.07) is 0. The molecule has 0 spiro atoms. The van der Waals surface area contributed by atoms with Gasteiger partial charge in [0.25, 0.3) is 0 Å². The van der Waals surface area contributed by atoms with E-state index in [1.54, 1.807) is 0 Å². The van der Waals surface area contributed by atoms with Gasteiger partial charge in [-0.2, -0.15) is 0 Å². The Hall–Kier alpha value is -1.47. The van der Waals surface area contributed by atoms with Gasteiger partial charge in [0.2, 0.25) is 5.91 Å². The average Bonchev–Trinajstić information content (AvgIpc) is 2.79. The molecular formula is C12H19N3O3S. The monoisotopic (exact) mass is 285 g/mol. The molecule has 0 saturated heterocycles. The summed E-state index contributed by atoms with van der Waals surface area (Å²) in [6.45, 7) is 5.26. The molecule has 1 N–H and O–H groups in total. The molecule has 0 aliphatic rings. The van der Waals surface area contributed by atoms with Crippen LogP contribution >= 0.6 is 11.3 Å².